The second kappa shape index (κ2) is 11.1. The highest BCUT2D eigenvalue weighted by Crippen LogP contribution is 2.31. The fourth-order valence-corrected chi connectivity index (χ4v) is 4.06. The van der Waals surface area contributed by atoms with Crippen molar-refractivity contribution in [3.8, 4) is 0 Å². The van der Waals surface area contributed by atoms with Gasteiger partial charge in [0.2, 0.25) is 5.91 Å². The number of benzene rings is 1. The number of hydrogen-bond donors (Lipinski definition) is 2. The summed E-state index contributed by atoms with van der Waals surface area (Å²) >= 11 is 0. The SMILES string of the molecule is Cl.Cl.NC[C@H]1CCC[C@H]1C(=O)NC1CCN(Cc2ccc(F)cc2)CC1. The van der Waals surface area contributed by atoms with Crippen LogP contribution in [0, 0.1) is 17.7 Å². The van der Waals surface area contributed by atoms with Gasteiger partial charge in [-0.3, -0.25) is 9.69 Å². The molecule has 0 aromatic heterocycles. The minimum absolute atomic E-state index is 0. The number of hydrogen-bond acceptors (Lipinski definition) is 3. The van der Waals surface area contributed by atoms with Crippen molar-refractivity contribution in [2.24, 2.45) is 17.6 Å². The first-order valence-electron chi connectivity index (χ1n) is 9.13. The number of nitrogens with one attached hydrogen (secondary N) is 1. The predicted molar refractivity (Wildman–Crippen MR) is 107 cm³/mol. The Morgan fingerprint density at radius 3 is 2.38 bits per heavy atom. The Morgan fingerprint density at radius 2 is 1.77 bits per heavy atom. The summed E-state index contributed by atoms with van der Waals surface area (Å²) in [6, 6.07) is 6.99. The summed E-state index contributed by atoms with van der Waals surface area (Å²) in [5.41, 5.74) is 6.92. The van der Waals surface area contributed by atoms with Gasteiger partial charge in [0, 0.05) is 31.6 Å². The van der Waals surface area contributed by atoms with Crippen LogP contribution in [-0.4, -0.2) is 36.5 Å². The first kappa shape index (κ1) is 23.2. The quantitative estimate of drug-likeness (QED) is 0.790. The maximum absolute atomic E-state index is 13.0. The molecular formula is C19H30Cl2FN3O. The van der Waals surface area contributed by atoms with Crippen LogP contribution in [0.2, 0.25) is 0 Å². The summed E-state index contributed by atoms with van der Waals surface area (Å²) in [6.07, 6.45) is 5.15. The molecule has 26 heavy (non-hydrogen) atoms. The maximum Gasteiger partial charge on any atom is 0.223 e. The van der Waals surface area contributed by atoms with Crippen LogP contribution in [0.1, 0.15) is 37.7 Å². The Balaban J connectivity index is 0.00000169. The average molecular weight is 406 g/mol. The van der Waals surface area contributed by atoms with Gasteiger partial charge in [-0.2, -0.15) is 0 Å². The first-order chi connectivity index (χ1) is 11.7. The van der Waals surface area contributed by atoms with Gasteiger partial charge in [0.15, 0.2) is 0 Å². The highest BCUT2D eigenvalue weighted by molar-refractivity contribution is 5.85. The standard InChI is InChI=1S/C19H28FN3O.2ClH/c20-16-6-4-14(5-7-16)13-23-10-8-17(9-11-23)22-19(24)18-3-1-2-15(18)12-21;;/h4-7,15,17-18H,1-3,8-13,21H2,(H,22,24);2*1H/t15-,18-;;/m1../s1. The number of halogens is 3. The summed E-state index contributed by atoms with van der Waals surface area (Å²) < 4.78 is 13.0. The molecule has 2 fully saturated rings. The number of nitrogens with zero attached hydrogens (tertiary/aromatic N) is 1. The number of nitrogens with two attached hydrogens (primary N) is 1. The zero-order chi connectivity index (χ0) is 16.9. The third-order valence-corrected chi connectivity index (χ3v) is 5.55. The molecule has 1 amide bonds. The predicted octanol–water partition coefficient (Wildman–Crippen LogP) is 3.12. The third-order valence-electron chi connectivity index (χ3n) is 5.55. The van der Waals surface area contributed by atoms with Crippen molar-refractivity contribution in [3.05, 3.63) is 35.6 Å². The Hall–Kier alpha value is -0.880. The van der Waals surface area contributed by atoms with Gasteiger partial charge in [0.05, 0.1) is 0 Å². The van der Waals surface area contributed by atoms with Crippen LogP contribution in [0.25, 0.3) is 0 Å². The van der Waals surface area contributed by atoms with Gasteiger partial charge in [0.25, 0.3) is 0 Å². The van der Waals surface area contributed by atoms with E-state index >= 15 is 0 Å². The Bertz CT molecular complexity index is 550. The number of piperidine rings is 1. The van der Waals surface area contributed by atoms with E-state index in [0.29, 0.717) is 12.5 Å². The normalized spacial score (nSPS) is 23.8. The van der Waals surface area contributed by atoms with E-state index in [4.69, 9.17) is 5.73 Å². The number of amides is 1. The van der Waals surface area contributed by atoms with E-state index in [1.54, 1.807) is 0 Å². The number of carbonyl (C=O) groups excluding carboxylic acids is 1. The van der Waals surface area contributed by atoms with Crippen molar-refractivity contribution >= 4 is 30.7 Å². The van der Waals surface area contributed by atoms with E-state index in [-0.39, 0.29) is 48.5 Å². The lowest BCUT2D eigenvalue weighted by molar-refractivity contribution is -0.127. The molecule has 4 nitrogen and oxygen atoms in total. The fourth-order valence-electron chi connectivity index (χ4n) is 4.06. The average Bonchev–Trinajstić information content (AvgIpc) is 3.07. The number of carbonyl (C=O) groups is 1. The summed E-state index contributed by atoms with van der Waals surface area (Å²) in [6.45, 7) is 3.40. The van der Waals surface area contributed by atoms with Crippen LogP contribution in [0.3, 0.4) is 0 Å². The molecule has 0 radical (unpaired) electrons. The van der Waals surface area contributed by atoms with Gasteiger partial charge in [-0.15, -0.1) is 24.8 Å². The smallest absolute Gasteiger partial charge is 0.223 e. The Kier molecular flexibility index (Phi) is 9.86. The van der Waals surface area contributed by atoms with Crippen molar-refractivity contribution < 1.29 is 9.18 Å². The summed E-state index contributed by atoms with van der Waals surface area (Å²) in [7, 11) is 0. The van der Waals surface area contributed by atoms with Crippen molar-refractivity contribution in [2.75, 3.05) is 19.6 Å². The molecule has 3 rings (SSSR count). The van der Waals surface area contributed by atoms with E-state index in [1.165, 1.54) is 12.1 Å². The molecule has 1 heterocycles. The van der Waals surface area contributed by atoms with E-state index in [1.807, 2.05) is 12.1 Å². The summed E-state index contributed by atoms with van der Waals surface area (Å²) in [5, 5.41) is 3.25. The molecule has 0 spiro atoms. The van der Waals surface area contributed by atoms with Gasteiger partial charge in [-0.25, -0.2) is 4.39 Å². The summed E-state index contributed by atoms with van der Waals surface area (Å²) in [4.78, 5) is 14.8. The Morgan fingerprint density at radius 1 is 1.12 bits per heavy atom. The minimum Gasteiger partial charge on any atom is -0.353 e. The largest absolute Gasteiger partial charge is 0.353 e. The second-order valence-electron chi connectivity index (χ2n) is 7.22. The van der Waals surface area contributed by atoms with E-state index in [2.05, 4.69) is 10.2 Å². The van der Waals surface area contributed by atoms with Gasteiger partial charge >= 0.3 is 0 Å². The van der Waals surface area contributed by atoms with Crippen molar-refractivity contribution in [1.29, 1.82) is 0 Å². The van der Waals surface area contributed by atoms with Crippen LogP contribution in [-0.2, 0) is 11.3 Å². The van der Waals surface area contributed by atoms with Crippen LogP contribution >= 0.6 is 24.8 Å². The van der Waals surface area contributed by atoms with Crippen LogP contribution in [0.15, 0.2) is 24.3 Å². The lowest BCUT2D eigenvalue weighted by Gasteiger charge is -2.33. The second-order valence-corrected chi connectivity index (χ2v) is 7.22. The number of likely N-dealkylation sites (tertiary alicyclic amines) is 1. The molecule has 148 valence electrons. The molecule has 1 aliphatic carbocycles. The monoisotopic (exact) mass is 405 g/mol. The fraction of sp³-hybridized carbons (Fsp3) is 0.632. The molecule has 1 saturated heterocycles. The van der Waals surface area contributed by atoms with E-state index in [9.17, 15) is 9.18 Å². The van der Waals surface area contributed by atoms with Gasteiger partial charge in [-0.1, -0.05) is 18.6 Å². The van der Waals surface area contributed by atoms with E-state index in [0.717, 1.165) is 57.3 Å². The molecule has 2 atom stereocenters. The molecule has 0 bridgehead atoms. The Labute approximate surface area is 167 Å². The maximum atomic E-state index is 13.0. The number of rotatable bonds is 5. The molecule has 7 heteroatoms. The zero-order valence-corrected chi connectivity index (χ0v) is 16.7. The first-order valence-corrected chi connectivity index (χ1v) is 9.13. The van der Waals surface area contributed by atoms with Crippen molar-refractivity contribution in [3.63, 3.8) is 0 Å². The minimum atomic E-state index is -0.192. The molecule has 2 aliphatic rings. The highest BCUT2D eigenvalue weighted by atomic mass is 35.5. The van der Waals surface area contributed by atoms with Crippen molar-refractivity contribution in [1.82, 2.24) is 10.2 Å². The molecule has 1 aromatic rings. The van der Waals surface area contributed by atoms with E-state index < -0.39 is 0 Å². The van der Waals surface area contributed by atoms with Gasteiger partial charge in [-0.05, 0) is 55.8 Å². The molecule has 3 N–H and O–H groups in total. The van der Waals surface area contributed by atoms with Crippen LogP contribution < -0.4 is 11.1 Å². The van der Waals surface area contributed by atoms with Gasteiger partial charge in [0.1, 0.15) is 5.82 Å². The molecule has 1 saturated carbocycles. The van der Waals surface area contributed by atoms with Gasteiger partial charge < -0.3 is 11.1 Å². The lowest BCUT2D eigenvalue weighted by Crippen LogP contribution is -2.47. The van der Waals surface area contributed by atoms with Crippen LogP contribution in [0.5, 0.6) is 0 Å². The lowest BCUT2D eigenvalue weighted by atomic mass is 9.94. The topological polar surface area (TPSA) is 58.4 Å². The zero-order valence-electron chi connectivity index (χ0n) is 15.0. The molecule has 1 aliphatic heterocycles. The molecular weight excluding hydrogens is 376 g/mol. The molecule has 1 aromatic carbocycles. The third kappa shape index (κ3) is 6.08. The van der Waals surface area contributed by atoms with Crippen LogP contribution in [0.4, 0.5) is 4.39 Å². The van der Waals surface area contributed by atoms with Crippen molar-refractivity contribution in [2.45, 2.75) is 44.7 Å². The molecule has 0 unspecified atom stereocenters. The summed E-state index contributed by atoms with van der Waals surface area (Å²) in [5.74, 6) is 0.499. The highest BCUT2D eigenvalue weighted by Gasteiger charge is 2.33.